The van der Waals surface area contributed by atoms with Gasteiger partial charge in [0.2, 0.25) is 0 Å². The lowest BCUT2D eigenvalue weighted by Gasteiger charge is -2.22. The lowest BCUT2D eigenvalue weighted by atomic mass is 9.86. The van der Waals surface area contributed by atoms with Crippen LogP contribution >= 0.6 is 10.7 Å². The third kappa shape index (κ3) is 3.23. The number of rotatable bonds is 2. The molecule has 0 aliphatic carbocycles. The van der Waals surface area contributed by atoms with E-state index < -0.39 is 20.4 Å². The van der Waals surface area contributed by atoms with Crippen LogP contribution in [0.1, 0.15) is 36.7 Å². The fourth-order valence-electron chi connectivity index (χ4n) is 1.59. The number of carbonyl (C=O) groups is 1. The van der Waals surface area contributed by atoms with Crippen LogP contribution in [0.2, 0.25) is 0 Å². The first-order chi connectivity index (χ1) is 8.07. The fraction of sp³-hybridized carbons (Fsp3) is 0.417. The predicted molar refractivity (Wildman–Crippen MR) is 69.5 cm³/mol. The Kier molecular flexibility index (Phi) is 4.08. The molecule has 0 heterocycles. The van der Waals surface area contributed by atoms with Gasteiger partial charge in [-0.05, 0) is 23.1 Å². The molecule has 0 amide bonds. The van der Waals surface area contributed by atoms with E-state index in [1.165, 1.54) is 19.2 Å². The number of methoxy groups -OCH3 is 1. The zero-order chi connectivity index (χ0) is 14.1. The second kappa shape index (κ2) is 4.90. The number of esters is 1. The van der Waals surface area contributed by atoms with E-state index in [1.54, 1.807) is 6.07 Å². The van der Waals surface area contributed by atoms with Crippen molar-refractivity contribution >= 4 is 25.7 Å². The molecule has 0 aromatic heterocycles. The average Bonchev–Trinajstić information content (AvgIpc) is 2.24. The van der Waals surface area contributed by atoms with E-state index in [-0.39, 0.29) is 10.5 Å². The first kappa shape index (κ1) is 15.0. The smallest absolute Gasteiger partial charge is 0.337 e. The van der Waals surface area contributed by atoms with Gasteiger partial charge in [-0.2, -0.15) is 0 Å². The Morgan fingerprint density at radius 1 is 1.28 bits per heavy atom. The lowest BCUT2D eigenvalue weighted by molar-refractivity contribution is 0.0600. The zero-order valence-corrected chi connectivity index (χ0v) is 12.2. The Morgan fingerprint density at radius 2 is 1.83 bits per heavy atom. The van der Waals surface area contributed by atoms with Gasteiger partial charge >= 0.3 is 5.97 Å². The van der Waals surface area contributed by atoms with Crippen molar-refractivity contribution in [3.63, 3.8) is 0 Å². The van der Waals surface area contributed by atoms with E-state index in [4.69, 9.17) is 10.7 Å². The van der Waals surface area contributed by atoms with Gasteiger partial charge in [-0.25, -0.2) is 13.2 Å². The van der Waals surface area contributed by atoms with Crippen LogP contribution in [0, 0.1) is 0 Å². The number of hydrogen-bond donors (Lipinski definition) is 0. The third-order valence-electron chi connectivity index (χ3n) is 2.47. The molecule has 0 aliphatic heterocycles. The Labute approximate surface area is 111 Å². The minimum absolute atomic E-state index is 0.0560. The first-order valence-corrected chi connectivity index (χ1v) is 7.56. The summed E-state index contributed by atoms with van der Waals surface area (Å²) in [5.74, 6) is -0.600. The summed E-state index contributed by atoms with van der Waals surface area (Å²) in [6, 6.07) is 4.36. The highest BCUT2D eigenvalue weighted by atomic mass is 35.7. The molecule has 0 spiro atoms. The van der Waals surface area contributed by atoms with E-state index >= 15 is 0 Å². The fourth-order valence-corrected chi connectivity index (χ4v) is 2.88. The highest BCUT2D eigenvalue weighted by Gasteiger charge is 2.25. The van der Waals surface area contributed by atoms with Crippen LogP contribution < -0.4 is 0 Å². The summed E-state index contributed by atoms with van der Waals surface area (Å²) in [4.78, 5) is 11.3. The topological polar surface area (TPSA) is 60.4 Å². The molecule has 0 fully saturated rings. The van der Waals surface area contributed by atoms with Crippen LogP contribution in [0.5, 0.6) is 0 Å². The van der Waals surface area contributed by atoms with Crippen molar-refractivity contribution in [2.24, 2.45) is 0 Å². The minimum atomic E-state index is -3.92. The van der Waals surface area contributed by atoms with Gasteiger partial charge in [-0.3, -0.25) is 0 Å². The molecule has 100 valence electrons. The number of ether oxygens (including phenoxy) is 1. The van der Waals surface area contributed by atoms with Crippen molar-refractivity contribution in [3.8, 4) is 0 Å². The van der Waals surface area contributed by atoms with E-state index in [0.29, 0.717) is 5.56 Å². The van der Waals surface area contributed by atoms with Gasteiger partial charge in [-0.1, -0.05) is 26.8 Å². The highest BCUT2D eigenvalue weighted by molar-refractivity contribution is 8.13. The summed E-state index contributed by atoms with van der Waals surface area (Å²) in [5, 5.41) is 0. The zero-order valence-electron chi connectivity index (χ0n) is 10.7. The second-order valence-electron chi connectivity index (χ2n) is 4.89. The van der Waals surface area contributed by atoms with Crippen LogP contribution in [0.4, 0.5) is 0 Å². The molecular weight excluding hydrogens is 276 g/mol. The SMILES string of the molecule is COC(=O)c1ccc(C(C)(C)C)c(S(=O)(=O)Cl)c1. The molecule has 0 aliphatic rings. The Balaban J connectivity index is 3.55. The normalized spacial score (nSPS) is 12.3. The molecule has 0 radical (unpaired) electrons. The predicted octanol–water partition coefficient (Wildman–Crippen LogP) is 2.70. The summed E-state index contributed by atoms with van der Waals surface area (Å²) >= 11 is 0. The second-order valence-corrected chi connectivity index (χ2v) is 7.42. The van der Waals surface area contributed by atoms with Gasteiger partial charge < -0.3 is 4.74 Å². The monoisotopic (exact) mass is 290 g/mol. The van der Waals surface area contributed by atoms with Crippen LogP contribution in [0.25, 0.3) is 0 Å². The molecule has 1 rings (SSSR count). The first-order valence-electron chi connectivity index (χ1n) is 5.25. The van der Waals surface area contributed by atoms with Crippen molar-refractivity contribution in [2.75, 3.05) is 7.11 Å². The largest absolute Gasteiger partial charge is 0.465 e. The van der Waals surface area contributed by atoms with Crippen LogP contribution in [0.3, 0.4) is 0 Å². The van der Waals surface area contributed by atoms with E-state index in [9.17, 15) is 13.2 Å². The number of benzene rings is 1. The van der Waals surface area contributed by atoms with Crippen molar-refractivity contribution in [3.05, 3.63) is 29.3 Å². The van der Waals surface area contributed by atoms with Crippen LogP contribution in [-0.2, 0) is 19.2 Å². The van der Waals surface area contributed by atoms with Gasteiger partial charge in [0, 0.05) is 10.7 Å². The summed E-state index contributed by atoms with van der Waals surface area (Å²) in [6.07, 6.45) is 0. The maximum atomic E-state index is 11.6. The van der Waals surface area contributed by atoms with Gasteiger partial charge in [-0.15, -0.1) is 0 Å². The molecule has 1 aromatic carbocycles. The van der Waals surface area contributed by atoms with Gasteiger partial charge in [0.25, 0.3) is 9.05 Å². The Hall–Kier alpha value is -1.07. The number of hydrogen-bond acceptors (Lipinski definition) is 4. The number of halogens is 1. The summed E-state index contributed by atoms with van der Waals surface area (Å²) < 4.78 is 27.7. The lowest BCUT2D eigenvalue weighted by Crippen LogP contribution is -2.16. The molecule has 0 saturated carbocycles. The van der Waals surface area contributed by atoms with Gasteiger partial charge in [0.1, 0.15) is 0 Å². The number of carbonyl (C=O) groups excluding carboxylic acids is 1. The van der Waals surface area contributed by atoms with Gasteiger partial charge in [0.05, 0.1) is 17.6 Å². The van der Waals surface area contributed by atoms with Crippen molar-refractivity contribution in [2.45, 2.75) is 31.1 Å². The minimum Gasteiger partial charge on any atom is -0.465 e. The third-order valence-corrected chi connectivity index (χ3v) is 3.84. The Morgan fingerprint density at radius 3 is 2.22 bits per heavy atom. The maximum absolute atomic E-state index is 11.6. The molecular formula is C12H15ClO4S. The van der Waals surface area contributed by atoms with Crippen molar-refractivity contribution in [1.29, 1.82) is 0 Å². The molecule has 0 unspecified atom stereocenters. The maximum Gasteiger partial charge on any atom is 0.337 e. The molecule has 0 bridgehead atoms. The van der Waals surface area contributed by atoms with Crippen molar-refractivity contribution < 1.29 is 17.9 Å². The summed E-state index contributed by atoms with van der Waals surface area (Å²) in [7, 11) is 2.72. The average molecular weight is 291 g/mol. The molecule has 6 heteroatoms. The molecule has 1 aromatic rings. The molecule has 18 heavy (non-hydrogen) atoms. The van der Waals surface area contributed by atoms with Crippen LogP contribution in [0.15, 0.2) is 23.1 Å². The quantitative estimate of drug-likeness (QED) is 0.621. The molecule has 4 nitrogen and oxygen atoms in total. The molecule has 0 saturated heterocycles. The van der Waals surface area contributed by atoms with Crippen LogP contribution in [-0.4, -0.2) is 21.5 Å². The van der Waals surface area contributed by atoms with E-state index in [1.807, 2.05) is 20.8 Å². The molecule has 0 atom stereocenters. The van der Waals surface area contributed by atoms with Gasteiger partial charge in [0.15, 0.2) is 0 Å². The summed E-state index contributed by atoms with van der Waals surface area (Å²) in [6.45, 7) is 5.60. The van der Waals surface area contributed by atoms with E-state index in [2.05, 4.69) is 4.74 Å². The molecule has 0 N–H and O–H groups in total. The Bertz CT molecular complexity index is 570. The van der Waals surface area contributed by atoms with Crippen molar-refractivity contribution in [1.82, 2.24) is 0 Å². The standard InChI is InChI=1S/C12H15ClO4S/c1-12(2,3)9-6-5-8(11(14)17-4)7-10(9)18(13,15)16/h5-7H,1-4H3. The van der Waals surface area contributed by atoms with E-state index in [0.717, 1.165) is 0 Å². The highest BCUT2D eigenvalue weighted by Crippen LogP contribution is 2.31. The summed E-state index contributed by atoms with van der Waals surface area (Å²) in [5.41, 5.74) is 0.321.